The lowest BCUT2D eigenvalue weighted by Crippen LogP contribution is -1.92. The average molecular weight is 163 g/mol. The van der Waals surface area contributed by atoms with Crippen molar-refractivity contribution in [1.82, 2.24) is 14.6 Å². The van der Waals surface area contributed by atoms with E-state index in [0.29, 0.717) is 5.65 Å². The predicted octanol–water partition coefficient (Wildman–Crippen LogP) is 0.997. The zero-order valence-electron chi connectivity index (χ0n) is 6.73. The molecule has 0 saturated carbocycles. The average Bonchev–Trinajstić information content (AvgIpc) is 2.47. The van der Waals surface area contributed by atoms with Gasteiger partial charge in [0.15, 0.2) is 11.4 Å². The van der Waals surface area contributed by atoms with Crippen molar-refractivity contribution in [2.24, 2.45) is 0 Å². The first kappa shape index (κ1) is 7.09. The molecule has 0 bridgehead atoms. The van der Waals surface area contributed by atoms with E-state index in [9.17, 15) is 5.11 Å². The topological polar surface area (TPSA) is 50.4 Å². The first-order chi connectivity index (χ1) is 5.81. The Labute approximate surface area is 69.5 Å². The van der Waals surface area contributed by atoms with Crippen molar-refractivity contribution in [3.05, 3.63) is 24.2 Å². The fourth-order valence-electron chi connectivity index (χ4n) is 1.08. The highest BCUT2D eigenvalue weighted by Gasteiger charge is 2.02. The Hall–Kier alpha value is -1.58. The molecule has 2 heterocycles. The lowest BCUT2D eigenvalue weighted by molar-refractivity contribution is 0.480. The van der Waals surface area contributed by atoms with E-state index in [1.165, 1.54) is 6.20 Å². The lowest BCUT2D eigenvalue weighted by atomic mass is 10.3. The molecule has 0 aliphatic rings. The summed E-state index contributed by atoms with van der Waals surface area (Å²) in [6.45, 7) is 2.05. The molecule has 0 aliphatic heterocycles. The molecule has 0 aromatic carbocycles. The molecule has 0 saturated heterocycles. The van der Waals surface area contributed by atoms with Gasteiger partial charge in [-0.3, -0.25) is 0 Å². The van der Waals surface area contributed by atoms with E-state index in [2.05, 4.69) is 10.1 Å². The number of fused-ring (bicyclic) bond motifs is 1. The first-order valence-electron chi connectivity index (χ1n) is 3.82. The maximum Gasteiger partial charge on any atom is 0.197 e. The van der Waals surface area contributed by atoms with Gasteiger partial charge in [-0.1, -0.05) is 6.92 Å². The summed E-state index contributed by atoms with van der Waals surface area (Å²) in [5.74, 6) is 0.123. The van der Waals surface area contributed by atoms with Crippen LogP contribution in [0.25, 0.3) is 5.65 Å². The second kappa shape index (κ2) is 2.48. The van der Waals surface area contributed by atoms with Crippen LogP contribution < -0.4 is 0 Å². The van der Waals surface area contributed by atoms with E-state index in [1.54, 1.807) is 10.7 Å². The molecule has 62 valence electrons. The van der Waals surface area contributed by atoms with Gasteiger partial charge in [-0.25, -0.2) is 9.50 Å². The van der Waals surface area contributed by atoms with E-state index >= 15 is 0 Å². The van der Waals surface area contributed by atoms with Crippen molar-refractivity contribution in [3.8, 4) is 5.75 Å². The van der Waals surface area contributed by atoms with Gasteiger partial charge in [0.2, 0.25) is 0 Å². The van der Waals surface area contributed by atoms with Crippen LogP contribution in [0.1, 0.15) is 12.5 Å². The Balaban J connectivity index is 2.69. The molecule has 12 heavy (non-hydrogen) atoms. The second-order valence-electron chi connectivity index (χ2n) is 2.61. The van der Waals surface area contributed by atoms with Gasteiger partial charge in [0.25, 0.3) is 0 Å². The molecule has 0 spiro atoms. The molecular formula is C8H9N3O. The second-order valence-corrected chi connectivity index (χ2v) is 2.61. The zero-order chi connectivity index (χ0) is 8.55. The summed E-state index contributed by atoms with van der Waals surface area (Å²) in [6, 6.07) is 0. The van der Waals surface area contributed by atoms with Crippen molar-refractivity contribution < 1.29 is 5.11 Å². The molecule has 2 rings (SSSR count). The van der Waals surface area contributed by atoms with Crippen LogP contribution in [-0.2, 0) is 6.42 Å². The Morgan fingerprint density at radius 1 is 1.50 bits per heavy atom. The summed E-state index contributed by atoms with van der Waals surface area (Å²) < 4.78 is 1.58. The maximum atomic E-state index is 9.23. The van der Waals surface area contributed by atoms with Gasteiger partial charge in [-0.15, -0.1) is 0 Å². The number of hydrogen-bond acceptors (Lipinski definition) is 3. The summed E-state index contributed by atoms with van der Waals surface area (Å²) in [5.41, 5.74) is 1.61. The van der Waals surface area contributed by atoms with Crippen LogP contribution in [0.2, 0.25) is 0 Å². The lowest BCUT2D eigenvalue weighted by Gasteiger charge is -1.96. The van der Waals surface area contributed by atoms with Gasteiger partial charge in [0.05, 0.1) is 6.20 Å². The van der Waals surface area contributed by atoms with Crippen molar-refractivity contribution in [3.63, 3.8) is 0 Å². The molecule has 4 nitrogen and oxygen atoms in total. The van der Waals surface area contributed by atoms with Gasteiger partial charge in [0.1, 0.15) is 0 Å². The third kappa shape index (κ3) is 0.922. The van der Waals surface area contributed by atoms with Crippen LogP contribution in [0.5, 0.6) is 5.75 Å². The standard InChI is InChI=1S/C8H9N3O/c1-2-6-3-9-8-7(12)4-10-11(8)5-6/h3-5,12H,2H2,1H3. The molecule has 2 aromatic heterocycles. The number of hydrogen-bond donors (Lipinski definition) is 1. The number of aromatic nitrogens is 3. The van der Waals surface area contributed by atoms with Gasteiger partial charge in [-0.05, 0) is 12.0 Å². The highest BCUT2D eigenvalue weighted by molar-refractivity contribution is 5.50. The van der Waals surface area contributed by atoms with Gasteiger partial charge < -0.3 is 5.11 Å². The highest BCUT2D eigenvalue weighted by atomic mass is 16.3. The minimum absolute atomic E-state index is 0.123. The summed E-state index contributed by atoms with van der Waals surface area (Å²) in [6.07, 6.45) is 5.92. The number of rotatable bonds is 1. The normalized spacial score (nSPS) is 10.8. The van der Waals surface area contributed by atoms with E-state index in [1.807, 2.05) is 13.1 Å². The smallest absolute Gasteiger partial charge is 0.197 e. The number of aryl methyl sites for hydroxylation is 1. The molecule has 0 fully saturated rings. The summed E-state index contributed by atoms with van der Waals surface area (Å²) in [5, 5.41) is 13.2. The predicted molar refractivity (Wildman–Crippen MR) is 44.0 cm³/mol. The van der Waals surface area contributed by atoms with Crippen LogP contribution in [0.4, 0.5) is 0 Å². The van der Waals surface area contributed by atoms with Gasteiger partial charge in [-0.2, -0.15) is 5.10 Å². The number of nitrogens with zero attached hydrogens (tertiary/aromatic N) is 3. The van der Waals surface area contributed by atoms with Crippen LogP contribution in [0.15, 0.2) is 18.6 Å². The maximum absolute atomic E-state index is 9.23. The Morgan fingerprint density at radius 2 is 2.33 bits per heavy atom. The van der Waals surface area contributed by atoms with Crippen molar-refractivity contribution in [2.45, 2.75) is 13.3 Å². The fraction of sp³-hybridized carbons (Fsp3) is 0.250. The minimum atomic E-state index is 0.123. The van der Waals surface area contributed by atoms with Crippen molar-refractivity contribution in [1.29, 1.82) is 0 Å². The third-order valence-corrected chi connectivity index (χ3v) is 1.80. The molecular weight excluding hydrogens is 154 g/mol. The third-order valence-electron chi connectivity index (χ3n) is 1.80. The zero-order valence-corrected chi connectivity index (χ0v) is 6.73. The fourth-order valence-corrected chi connectivity index (χ4v) is 1.08. The van der Waals surface area contributed by atoms with Gasteiger partial charge >= 0.3 is 0 Å². The summed E-state index contributed by atoms with van der Waals surface area (Å²) in [4.78, 5) is 4.06. The molecule has 0 unspecified atom stereocenters. The van der Waals surface area contributed by atoms with E-state index in [4.69, 9.17) is 0 Å². The molecule has 0 radical (unpaired) electrons. The van der Waals surface area contributed by atoms with E-state index in [-0.39, 0.29) is 5.75 Å². The quantitative estimate of drug-likeness (QED) is 0.682. The van der Waals surface area contributed by atoms with Crippen LogP contribution in [-0.4, -0.2) is 19.7 Å². The number of aromatic hydroxyl groups is 1. The van der Waals surface area contributed by atoms with E-state index < -0.39 is 0 Å². The highest BCUT2D eigenvalue weighted by Crippen LogP contribution is 2.14. The van der Waals surface area contributed by atoms with E-state index in [0.717, 1.165) is 12.0 Å². The summed E-state index contributed by atoms with van der Waals surface area (Å²) >= 11 is 0. The largest absolute Gasteiger partial charge is 0.503 e. The Kier molecular flexibility index (Phi) is 1.46. The Morgan fingerprint density at radius 3 is 3.08 bits per heavy atom. The molecule has 4 heteroatoms. The SMILES string of the molecule is CCc1cnc2c(O)cnn2c1. The molecule has 0 atom stereocenters. The monoisotopic (exact) mass is 163 g/mol. The molecule has 2 aromatic rings. The van der Waals surface area contributed by atoms with Crippen LogP contribution >= 0.6 is 0 Å². The van der Waals surface area contributed by atoms with Gasteiger partial charge in [0, 0.05) is 12.4 Å². The molecule has 0 amide bonds. The van der Waals surface area contributed by atoms with Crippen molar-refractivity contribution in [2.75, 3.05) is 0 Å². The minimum Gasteiger partial charge on any atom is -0.503 e. The van der Waals surface area contributed by atoms with Crippen LogP contribution in [0, 0.1) is 0 Å². The van der Waals surface area contributed by atoms with Crippen molar-refractivity contribution >= 4 is 5.65 Å². The molecule has 1 N–H and O–H groups in total. The molecule has 0 aliphatic carbocycles. The Bertz CT molecular complexity index is 408. The first-order valence-corrected chi connectivity index (χ1v) is 3.82. The van der Waals surface area contributed by atoms with Crippen LogP contribution in [0.3, 0.4) is 0 Å². The summed E-state index contributed by atoms with van der Waals surface area (Å²) in [7, 11) is 0.